The second-order valence-electron chi connectivity index (χ2n) is 4.16. The van der Waals surface area contributed by atoms with Gasteiger partial charge in [0.2, 0.25) is 0 Å². The van der Waals surface area contributed by atoms with Crippen molar-refractivity contribution in [3.05, 3.63) is 17.0 Å². The Bertz CT molecular complexity index is 370. The SMILES string of the molecule is Brc1cncnc1N1CC[C@H]2CNC[C@H]21. The number of hydrogen-bond donors (Lipinski definition) is 1. The summed E-state index contributed by atoms with van der Waals surface area (Å²) in [5, 5.41) is 3.44. The first-order valence-electron chi connectivity index (χ1n) is 5.29. The Kier molecular flexibility index (Phi) is 2.36. The topological polar surface area (TPSA) is 41.1 Å². The Balaban J connectivity index is 1.91. The molecule has 0 unspecified atom stereocenters. The van der Waals surface area contributed by atoms with E-state index in [2.05, 4.69) is 36.1 Å². The number of halogens is 1. The Labute approximate surface area is 97.2 Å². The van der Waals surface area contributed by atoms with Crippen molar-refractivity contribution in [3.63, 3.8) is 0 Å². The predicted molar refractivity (Wildman–Crippen MR) is 61.8 cm³/mol. The minimum Gasteiger partial charge on any atom is -0.351 e. The molecule has 80 valence electrons. The Morgan fingerprint density at radius 2 is 2.40 bits per heavy atom. The summed E-state index contributed by atoms with van der Waals surface area (Å²) in [6.45, 7) is 3.36. The van der Waals surface area contributed by atoms with Gasteiger partial charge in [-0.25, -0.2) is 9.97 Å². The van der Waals surface area contributed by atoms with Gasteiger partial charge in [-0.1, -0.05) is 0 Å². The maximum absolute atomic E-state index is 4.36. The molecule has 3 heterocycles. The first-order valence-corrected chi connectivity index (χ1v) is 6.08. The molecule has 2 saturated heterocycles. The standard InChI is InChI=1S/C10H13BrN4/c11-8-4-13-6-14-10(8)15-2-1-7-3-12-5-9(7)15/h4,6-7,9,12H,1-3,5H2/t7-,9+/m0/s1. The molecule has 1 aromatic heterocycles. The maximum atomic E-state index is 4.36. The molecule has 0 aliphatic carbocycles. The fourth-order valence-electron chi connectivity index (χ4n) is 2.63. The molecular formula is C10H13BrN4. The fraction of sp³-hybridized carbons (Fsp3) is 0.600. The van der Waals surface area contributed by atoms with Crippen LogP contribution >= 0.6 is 15.9 Å². The fourth-order valence-corrected chi connectivity index (χ4v) is 3.08. The normalized spacial score (nSPS) is 29.5. The number of nitrogens with zero attached hydrogens (tertiary/aromatic N) is 3. The lowest BCUT2D eigenvalue weighted by Gasteiger charge is -2.24. The van der Waals surface area contributed by atoms with Crippen LogP contribution in [0.5, 0.6) is 0 Å². The van der Waals surface area contributed by atoms with E-state index < -0.39 is 0 Å². The van der Waals surface area contributed by atoms with Crippen LogP contribution in [0.1, 0.15) is 6.42 Å². The zero-order chi connectivity index (χ0) is 10.3. The van der Waals surface area contributed by atoms with Gasteiger partial charge in [0, 0.05) is 31.9 Å². The van der Waals surface area contributed by atoms with Gasteiger partial charge in [-0.05, 0) is 28.3 Å². The highest BCUT2D eigenvalue weighted by Gasteiger charge is 2.38. The van der Waals surface area contributed by atoms with Crippen molar-refractivity contribution in [3.8, 4) is 0 Å². The molecule has 2 aliphatic heterocycles. The van der Waals surface area contributed by atoms with Crippen LogP contribution < -0.4 is 10.2 Å². The molecule has 5 heteroatoms. The molecule has 0 radical (unpaired) electrons. The van der Waals surface area contributed by atoms with Gasteiger partial charge in [-0.15, -0.1) is 0 Å². The van der Waals surface area contributed by atoms with Gasteiger partial charge in [0.25, 0.3) is 0 Å². The highest BCUT2D eigenvalue weighted by Crippen LogP contribution is 2.33. The average Bonchev–Trinajstić information content (AvgIpc) is 2.80. The van der Waals surface area contributed by atoms with E-state index in [9.17, 15) is 0 Å². The lowest BCUT2D eigenvalue weighted by atomic mass is 10.1. The van der Waals surface area contributed by atoms with Gasteiger partial charge >= 0.3 is 0 Å². The zero-order valence-electron chi connectivity index (χ0n) is 8.36. The van der Waals surface area contributed by atoms with Crippen molar-refractivity contribution < 1.29 is 0 Å². The predicted octanol–water partition coefficient (Wildman–Crippen LogP) is 1.04. The van der Waals surface area contributed by atoms with Crippen LogP contribution in [0.15, 0.2) is 17.0 Å². The van der Waals surface area contributed by atoms with Crippen LogP contribution in [0.25, 0.3) is 0 Å². The minimum absolute atomic E-state index is 0.621. The molecule has 15 heavy (non-hydrogen) atoms. The molecule has 0 amide bonds. The largest absolute Gasteiger partial charge is 0.351 e. The summed E-state index contributed by atoms with van der Waals surface area (Å²) >= 11 is 3.52. The van der Waals surface area contributed by atoms with E-state index >= 15 is 0 Å². The number of aromatic nitrogens is 2. The van der Waals surface area contributed by atoms with Crippen LogP contribution in [0.3, 0.4) is 0 Å². The van der Waals surface area contributed by atoms with E-state index in [-0.39, 0.29) is 0 Å². The summed E-state index contributed by atoms with van der Waals surface area (Å²) in [4.78, 5) is 10.8. The molecule has 0 bridgehead atoms. The van der Waals surface area contributed by atoms with Crippen LogP contribution in [-0.4, -0.2) is 35.6 Å². The quantitative estimate of drug-likeness (QED) is 0.827. The molecule has 1 aromatic rings. The molecule has 0 aromatic carbocycles. The first-order chi connectivity index (χ1) is 7.36. The van der Waals surface area contributed by atoms with Crippen LogP contribution in [0.4, 0.5) is 5.82 Å². The van der Waals surface area contributed by atoms with Gasteiger partial charge in [0.1, 0.15) is 12.1 Å². The first kappa shape index (κ1) is 9.54. The van der Waals surface area contributed by atoms with Crippen molar-refractivity contribution in [2.75, 3.05) is 24.5 Å². The Morgan fingerprint density at radius 1 is 1.47 bits per heavy atom. The van der Waals surface area contributed by atoms with Crippen molar-refractivity contribution in [1.29, 1.82) is 0 Å². The van der Waals surface area contributed by atoms with E-state index in [0.717, 1.165) is 35.8 Å². The smallest absolute Gasteiger partial charge is 0.146 e. The summed E-state index contributed by atoms with van der Waals surface area (Å²) in [6, 6.07) is 0.621. The van der Waals surface area contributed by atoms with E-state index in [4.69, 9.17) is 0 Å². The highest BCUT2D eigenvalue weighted by molar-refractivity contribution is 9.10. The third kappa shape index (κ3) is 1.54. The van der Waals surface area contributed by atoms with E-state index in [1.165, 1.54) is 6.42 Å². The maximum Gasteiger partial charge on any atom is 0.146 e. The molecule has 2 fully saturated rings. The van der Waals surface area contributed by atoms with E-state index in [0.29, 0.717) is 6.04 Å². The zero-order valence-corrected chi connectivity index (χ0v) is 9.94. The molecule has 4 nitrogen and oxygen atoms in total. The number of rotatable bonds is 1. The number of nitrogens with one attached hydrogen (secondary N) is 1. The molecule has 0 spiro atoms. The lowest BCUT2D eigenvalue weighted by Crippen LogP contribution is -2.34. The number of anilines is 1. The third-order valence-corrected chi connectivity index (χ3v) is 3.92. The molecule has 3 rings (SSSR count). The van der Waals surface area contributed by atoms with E-state index in [1.807, 2.05) is 6.20 Å². The monoisotopic (exact) mass is 268 g/mol. The molecule has 2 aliphatic rings. The van der Waals surface area contributed by atoms with Gasteiger partial charge in [0.05, 0.1) is 4.47 Å². The molecule has 1 N–H and O–H groups in total. The minimum atomic E-state index is 0.621. The third-order valence-electron chi connectivity index (χ3n) is 3.37. The Hall–Kier alpha value is -0.680. The summed E-state index contributed by atoms with van der Waals surface area (Å²) in [7, 11) is 0. The number of fused-ring (bicyclic) bond motifs is 1. The van der Waals surface area contributed by atoms with Crippen molar-refractivity contribution in [1.82, 2.24) is 15.3 Å². The van der Waals surface area contributed by atoms with Crippen molar-refractivity contribution in [2.24, 2.45) is 5.92 Å². The Morgan fingerprint density at radius 3 is 3.27 bits per heavy atom. The van der Waals surface area contributed by atoms with E-state index in [1.54, 1.807) is 6.33 Å². The second kappa shape index (κ2) is 3.72. The summed E-state index contributed by atoms with van der Waals surface area (Å²) in [5.74, 6) is 1.84. The molecule has 0 saturated carbocycles. The summed E-state index contributed by atoms with van der Waals surface area (Å²) in [5.41, 5.74) is 0. The summed E-state index contributed by atoms with van der Waals surface area (Å²) < 4.78 is 0.998. The molecule has 2 atom stereocenters. The van der Waals surface area contributed by atoms with Gasteiger partial charge < -0.3 is 10.2 Å². The summed E-state index contributed by atoms with van der Waals surface area (Å²) in [6.07, 6.45) is 4.71. The van der Waals surface area contributed by atoms with Crippen LogP contribution in [0.2, 0.25) is 0 Å². The van der Waals surface area contributed by atoms with Crippen LogP contribution in [0, 0.1) is 5.92 Å². The second-order valence-corrected chi connectivity index (χ2v) is 5.02. The van der Waals surface area contributed by atoms with Crippen molar-refractivity contribution >= 4 is 21.7 Å². The average molecular weight is 269 g/mol. The van der Waals surface area contributed by atoms with Gasteiger partial charge in [-0.3, -0.25) is 0 Å². The lowest BCUT2D eigenvalue weighted by molar-refractivity contribution is 0.577. The van der Waals surface area contributed by atoms with Gasteiger partial charge in [0.15, 0.2) is 0 Å². The van der Waals surface area contributed by atoms with Gasteiger partial charge in [-0.2, -0.15) is 0 Å². The van der Waals surface area contributed by atoms with Crippen LogP contribution in [-0.2, 0) is 0 Å². The number of hydrogen-bond acceptors (Lipinski definition) is 4. The molecular weight excluding hydrogens is 256 g/mol. The highest BCUT2D eigenvalue weighted by atomic mass is 79.9. The van der Waals surface area contributed by atoms with Crippen molar-refractivity contribution in [2.45, 2.75) is 12.5 Å².